The highest BCUT2D eigenvalue weighted by molar-refractivity contribution is 5.73. The lowest BCUT2D eigenvalue weighted by Crippen LogP contribution is -2.28. The Kier molecular flexibility index (Phi) is 6.18. The van der Waals surface area contributed by atoms with Crippen LogP contribution in [0.2, 0.25) is 0 Å². The van der Waals surface area contributed by atoms with Gasteiger partial charge >= 0.3 is 5.97 Å². The third-order valence-electron chi connectivity index (χ3n) is 3.26. The fourth-order valence-electron chi connectivity index (χ4n) is 2.11. The quantitative estimate of drug-likeness (QED) is 0.795. The largest absolute Gasteiger partial charge is 0.479 e. The van der Waals surface area contributed by atoms with E-state index >= 15 is 0 Å². The first kappa shape index (κ1) is 17.0. The van der Waals surface area contributed by atoms with Crippen molar-refractivity contribution in [3.05, 3.63) is 60.2 Å². The normalized spacial score (nSPS) is 12.1. The third-order valence-corrected chi connectivity index (χ3v) is 3.26. The number of aliphatic carboxylic acids is 1. The number of carbonyl (C=O) groups is 1. The molecular formula is C19H22O4. The average molecular weight is 314 g/mol. The Morgan fingerprint density at radius 3 is 2.35 bits per heavy atom. The summed E-state index contributed by atoms with van der Waals surface area (Å²) in [5, 5.41) is 9.36. The molecule has 1 unspecified atom stereocenters. The SMILES string of the molecule is CC(C)COC(Cc1ccccc1Oc1ccccc1)C(=O)O. The summed E-state index contributed by atoms with van der Waals surface area (Å²) < 4.78 is 11.4. The fourth-order valence-corrected chi connectivity index (χ4v) is 2.11. The summed E-state index contributed by atoms with van der Waals surface area (Å²) in [4.78, 5) is 11.4. The maximum atomic E-state index is 11.4. The van der Waals surface area contributed by atoms with Gasteiger partial charge in [-0.1, -0.05) is 50.2 Å². The molecule has 122 valence electrons. The molecule has 0 saturated carbocycles. The van der Waals surface area contributed by atoms with Gasteiger partial charge in [-0.2, -0.15) is 0 Å². The van der Waals surface area contributed by atoms with Gasteiger partial charge in [0.2, 0.25) is 0 Å². The molecule has 0 aliphatic carbocycles. The van der Waals surface area contributed by atoms with E-state index in [4.69, 9.17) is 9.47 Å². The second-order valence-corrected chi connectivity index (χ2v) is 5.78. The van der Waals surface area contributed by atoms with Gasteiger partial charge in [0, 0.05) is 6.42 Å². The second-order valence-electron chi connectivity index (χ2n) is 5.78. The van der Waals surface area contributed by atoms with Crippen LogP contribution in [0.4, 0.5) is 0 Å². The second kappa shape index (κ2) is 8.34. The molecule has 23 heavy (non-hydrogen) atoms. The zero-order chi connectivity index (χ0) is 16.7. The third kappa shape index (κ3) is 5.42. The number of hydrogen-bond acceptors (Lipinski definition) is 3. The number of rotatable bonds is 8. The van der Waals surface area contributed by atoms with E-state index < -0.39 is 12.1 Å². The first-order valence-corrected chi connectivity index (χ1v) is 7.71. The first-order valence-electron chi connectivity index (χ1n) is 7.71. The molecule has 0 saturated heterocycles. The van der Waals surface area contributed by atoms with E-state index in [-0.39, 0.29) is 12.3 Å². The maximum absolute atomic E-state index is 11.4. The molecule has 1 atom stereocenters. The van der Waals surface area contributed by atoms with Crippen molar-refractivity contribution in [1.29, 1.82) is 0 Å². The molecule has 0 spiro atoms. The van der Waals surface area contributed by atoms with Crippen molar-refractivity contribution in [2.75, 3.05) is 6.61 Å². The molecule has 2 aromatic carbocycles. The van der Waals surface area contributed by atoms with Crippen molar-refractivity contribution in [3.63, 3.8) is 0 Å². The number of ether oxygens (including phenoxy) is 2. The topological polar surface area (TPSA) is 55.8 Å². The molecule has 0 radical (unpaired) electrons. The van der Waals surface area contributed by atoms with E-state index in [1.807, 2.05) is 68.4 Å². The molecule has 4 nitrogen and oxygen atoms in total. The van der Waals surface area contributed by atoms with Crippen molar-refractivity contribution in [2.24, 2.45) is 5.92 Å². The highest BCUT2D eigenvalue weighted by atomic mass is 16.5. The molecular weight excluding hydrogens is 292 g/mol. The Balaban J connectivity index is 2.13. The van der Waals surface area contributed by atoms with Crippen LogP contribution in [-0.4, -0.2) is 23.8 Å². The molecule has 1 N–H and O–H groups in total. The Bertz CT molecular complexity index is 622. The molecule has 0 aliphatic rings. The number of hydrogen-bond donors (Lipinski definition) is 1. The summed E-state index contributed by atoms with van der Waals surface area (Å²) in [5.74, 6) is 0.695. The molecule has 0 amide bonds. The Hall–Kier alpha value is -2.33. The van der Waals surface area contributed by atoms with Crippen LogP contribution in [0.25, 0.3) is 0 Å². The van der Waals surface area contributed by atoms with Gasteiger partial charge in [-0.05, 0) is 29.7 Å². The molecule has 4 heteroatoms. The van der Waals surface area contributed by atoms with E-state index in [2.05, 4.69) is 0 Å². The van der Waals surface area contributed by atoms with Crippen LogP contribution in [-0.2, 0) is 16.0 Å². The molecule has 0 fully saturated rings. The van der Waals surface area contributed by atoms with Crippen molar-refractivity contribution >= 4 is 5.97 Å². The number of benzene rings is 2. The van der Waals surface area contributed by atoms with E-state index in [0.29, 0.717) is 12.4 Å². The highest BCUT2D eigenvalue weighted by Crippen LogP contribution is 2.26. The van der Waals surface area contributed by atoms with Crippen LogP contribution >= 0.6 is 0 Å². The highest BCUT2D eigenvalue weighted by Gasteiger charge is 2.21. The predicted octanol–water partition coefficient (Wildman–Crippen LogP) is 4.15. The van der Waals surface area contributed by atoms with Crippen molar-refractivity contribution in [3.8, 4) is 11.5 Å². The number of carboxylic acids is 1. The van der Waals surface area contributed by atoms with Gasteiger partial charge in [-0.15, -0.1) is 0 Å². The molecule has 0 heterocycles. The van der Waals surface area contributed by atoms with Crippen molar-refractivity contribution in [2.45, 2.75) is 26.4 Å². The van der Waals surface area contributed by atoms with Crippen LogP contribution in [0.15, 0.2) is 54.6 Å². The Morgan fingerprint density at radius 1 is 1.04 bits per heavy atom. The standard InChI is InChI=1S/C19H22O4/c1-14(2)13-22-18(19(20)21)12-15-8-6-7-11-17(15)23-16-9-4-3-5-10-16/h3-11,14,18H,12-13H2,1-2H3,(H,20,21). The monoisotopic (exact) mass is 314 g/mol. The lowest BCUT2D eigenvalue weighted by Gasteiger charge is -2.17. The summed E-state index contributed by atoms with van der Waals surface area (Å²) in [7, 11) is 0. The number of para-hydroxylation sites is 2. The van der Waals surface area contributed by atoms with E-state index in [9.17, 15) is 9.90 Å². The summed E-state index contributed by atoms with van der Waals surface area (Å²) in [6.45, 7) is 4.40. The van der Waals surface area contributed by atoms with E-state index in [0.717, 1.165) is 11.3 Å². The molecule has 2 rings (SSSR count). The van der Waals surface area contributed by atoms with E-state index in [1.54, 1.807) is 0 Å². The smallest absolute Gasteiger partial charge is 0.333 e. The number of carboxylic acid groups (broad SMARTS) is 1. The van der Waals surface area contributed by atoms with Gasteiger partial charge in [-0.3, -0.25) is 0 Å². The minimum atomic E-state index is -0.958. The van der Waals surface area contributed by atoms with E-state index in [1.165, 1.54) is 0 Å². The first-order chi connectivity index (χ1) is 11.1. The van der Waals surface area contributed by atoms with Gasteiger partial charge in [-0.25, -0.2) is 4.79 Å². The van der Waals surface area contributed by atoms with Gasteiger partial charge in [0.25, 0.3) is 0 Å². The molecule has 0 bridgehead atoms. The van der Waals surface area contributed by atoms with Crippen LogP contribution in [0, 0.1) is 5.92 Å². The maximum Gasteiger partial charge on any atom is 0.333 e. The minimum absolute atomic E-state index is 0.269. The molecule has 0 aliphatic heterocycles. The summed E-state index contributed by atoms with van der Waals surface area (Å²) in [6.07, 6.45) is -0.608. The van der Waals surface area contributed by atoms with Crippen LogP contribution < -0.4 is 4.74 Å². The van der Waals surface area contributed by atoms with Crippen LogP contribution in [0.1, 0.15) is 19.4 Å². The van der Waals surface area contributed by atoms with Gasteiger partial charge < -0.3 is 14.6 Å². The van der Waals surface area contributed by atoms with Gasteiger partial charge in [0.05, 0.1) is 6.61 Å². The van der Waals surface area contributed by atoms with Crippen LogP contribution in [0.3, 0.4) is 0 Å². The summed E-state index contributed by atoms with van der Waals surface area (Å²) >= 11 is 0. The Labute approximate surface area is 136 Å². The lowest BCUT2D eigenvalue weighted by molar-refractivity contribution is -0.150. The van der Waals surface area contributed by atoms with Crippen molar-refractivity contribution in [1.82, 2.24) is 0 Å². The Morgan fingerprint density at radius 2 is 1.70 bits per heavy atom. The summed E-state index contributed by atoms with van der Waals surface area (Å²) in [5.41, 5.74) is 0.813. The zero-order valence-corrected chi connectivity index (χ0v) is 13.4. The minimum Gasteiger partial charge on any atom is -0.479 e. The lowest BCUT2D eigenvalue weighted by atomic mass is 10.1. The average Bonchev–Trinajstić information content (AvgIpc) is 2.53. The predicted molar refractivity (Wildman–Crippen MR) is 88.9 cm³/mol. The fraction of sp³-hybridized carbons (Fsp3) is 0.316. The molecule has 2 aromatic rings. The van der Waals surface area contributed by atoms with Crippen LogP contribution in [0.5, 0.6) is 11.5 Å². The molecule has 0 aromatic heterocycles. The summed E-state index contributed by atoms with van der Waals surface area (Å²) in [6, 6.07) is 16.9. The zero-order valence-electron chi connectivity index (χ0n) is 13.4. The van der Waals surface area contributed by atoms with Crippen molar-refractivity contribution < 1.29 is 19.4 Å². The van der Waals surface area contributed by atoms with Gasteiger partial charge in [0.15, 0.2) is 6.10 Å². The van der Waals surface area contributed by atoms with Gasteiger partial charge in [0.1, 0.15) is 11.5 Å².